The molecule has 2 heterocycles. The molecule has 0 spiro atoms. The smallest absolute Gasteiger partial charge is 0.307 e. The number of hydrogen-bond acceptors (Lipinski definition) is 4. The highest BCUT2D eigenvalue weighted by molar-refractivity contribution is 5.69. The fraction of sp³-hybridized carbons (Fsp3) is 0.692. The van der Waals surface area contributed by atoms with Crippen molar-refractivity contribution in [2.45, 2.75) is 38.3 Å². The first kappa shape index (κ1) is 13.1. The van der Waals surface area contributed by atoms with Crippen molar-refractivity contribution in [2.75, 3.05) is 13.7 Å². The lowest BCUT2D eigenvalue weighted by Crippen LogP contribution is -2.40. The first-order valence-corrected chi connectivity index (χ1v) is 6.48. The lowest BCUT2D eigenvalue weighted by Gasteiger charge is -2.34. The van der Waals surface area contributed by atoms with Gasteiger partial charge in [-0.3, -0.25) is 14.4 Å². The standard InChI is InChI=1S/C13H21N3O2/c1-15-8-6-11(14-15)10-16-7-4-3-5-12(16)9-13(17)18-2/h6,8,12H,3-5,7,9-10H2,1-2H3. The molecule has 1 unspecified atom stereocenters. The molecule has 1 atom stereocenters. The summed E-state index contributed by atoms with van der Waals surface area (Å²) in [5, 5.41) is 4.40. The Morgan fingerprint density at radius 2 is 2.39 bits per heavy atom. The van der Waals surface area contributed by atoms with Gasteiger partial charge in [0.2, 0.25) is 0 Å². The van der Waals surface area contributed by atoms with E-state index >= 15 is 0 Å². The van der Waals surface area contributed by atoms with Crippen LogP contribution in [0.1, 0.15) is 31.4 Å². The topological polar surface area (TPSA) is 47.4 Å². The monoisotopic (exact) mass is 251 g/mol. The Hall–Kier alpha value is -1.36. The summed E-state index contributed by atoms with van der Waals surface area (Å²) in [5.74, 6) is -0.118. The number of ether oxygens (including phenoxy) is 1. The lowest BCUT2D eigenvalue weighted by atomic mass is 9.99. The van der Waals surface area contributed by atoms with Gasteiger partial charge in [-0.15, -0.1) is 0 Å². The fourth-order valence-corrected chi connectivity index (χ4v) is 2.53. The molecule has 0 bridgehead atoms. The number of likely N-dealkylation sites (tertiary alicyclic amines) is 1. The van der Waals surface area contributed by atoms with Gasteiger partial charge in [0.15, 0.2) is 0 Å². The second-order valence-electron chi connectivity index (χ2n) is 4.88. The van der Waals surface area contributed by atoms with E-state index in [2.05, 4.69) is 10.00 Å². The highest BCUT2D eigenvalue weighted by atomic mass is 16.5. The van der Waals surface area contributed by atoms with Crippen molar-refractivity contribution in [1.82, 2.24) is 14.7 Å². The van der Waals surface area contributed by atoms with E-state index in [9.17, 15) is 4.79 Å². The Balaban J connectivity index is 1.96. The predicted octanol–water partition coefficient (Wildman–Crippen LogP) is 1.34. The van der Waals surface area contributed by atoms with E-state index in [4.69, 9.17) is 4.74 Å². The highest BCUT2D eigenvalue weighted by Gasteiger charge is 2.25. The first-order valence-electron chi connectivity index (χ1n) is 6.48. The zero-order valence-corrected chi connectivity index (χ0v) is 11.1. The van der Waals surface area contributed by atoms with E-state index in [0.717, 1.165) is 25.2 Å². The van der Waals surface area contributed by atoms with Crippen LogP contribution in [0.15, 0.2) is 12.3 Å². The van der Waals surface area contributed by atoms with Gasteiger partial charge in [-0.1, -0.05) is 6.42 Å². The van der Waals surface area contributed by atoms with E-state index < -0.39 is 0 Å². The average molecular weight is 251 g/mol. The number of nitrogens with zero attached hydrogens (tertiary/aromatic N) is 3. The third kappa shape index (κ3) is 3.32. The minimum atomic E-state index is -0.118. The van der Waals surface area contributed by atoms with Crippen molar-refractivity contribution in [3.63, 3.8) is 0 Å². The number of piperidine rings is 1. The summed E-state index contributed by atoms with van der Waals surface area (Å²) in [5.41, 5.74) is 1.06. The van der Waals surface area contributed by atoms with Crippen LogP contribution in [0.25, 0.3) is 0 Å². The molecule has 5 nitrogen and oxygen atoms in total. The molecule has 0 N–H and O–H groups in total. The number of aryl methyl sites for hydroxylation is 1. The number of rotatable bonds is 4. The molecule has 2 rings (SSSR count). The van der Waals surface area contributed by atoms with Gasteiger partial charge in [0, 0.05) is 25.8 Å². The minimum Gasteiger partial charge on any atom is -0.469 e. The quantitative estimate of drug-likeness (QED) is 0.758. The predicted molar refractivity (Wildman–Crippen MR) is 67.9 cm³/mol. The number of hydrogen-bond donors (Lipinski definition) is 0. The summed E-state index contributed by atoms with van der Waals surface area (Å²) in [7, 11) is 3.37. The summed E-state index contributed by atoms with van der Waals surface area (Å²) >= 11 is 0. The van der Waals surface area contributed by atoms with Crippen LogP contribution in [0.3, 0.4) is 0 Å². The van der Waals surface area contributed by atoms with E-state index in [-0.39, 0.29) is 5.97 Å². The lowest BCUT2D eigenvalue weighted by molar-refractivity contribution is -0.142. The van der Waals surface area contributed by atoms with Crippen molar-refractivity contribution in [2.24, 2.45) is 7.05 Å². The Kier molecular flexibility index (Phi) is 4.36. The summed E-state index contributed by atoms with van der Waals surface area (Å²) < 4.78 is 6.58. The van der Waals surface area contributed by atoms with E-state index in [0.29, 0.717) is 12.5 Å². The van der Waals surface area contributed by atoms with Crippen LogP contribution in [0.4, 0.5) is 0 Å². The van der Waals surface area contributed by atoms with Gasteiger partial charge < -0.3 is 4.74 Å². The van der Waals surface area contributed by atoms with Crippen molar-refractivity contribution in [1.29, 1.82) is 0 Å². The molecule has 100 valence electrons. The molecule has 0 aliphatic carbocycles. The zero-order chi connectivity index (χ0) is 13.0. The normalized spacial score (nSPS) is 20.9. The first-order chi connectivity index (χ1) is 8.69. The van der Waals surface area contributed by atoms with Crippen molar-refractivity contribution < 1.29 is 9.53 Å². The molecule has 18 heavy (non-hydrogen) atoms. The zero-order valence-electron chi connectivity index (χ0n) is 11.1. The van der Waals surface area contributed by atoms with Crippen molar-refractivity contribution in [3.05, 3.63) is 18.0 Å². The van der Waals surface area contributed by atoms with Crippen LogP contribution in [0, 0.1) is 0 Å². The highest BCUT2D eigenvalue weighted by Crippen LogP contribution is 2.21. The molecule has 1 fully saturated rings. The van der Waals surface area contributed by atoms with Crippen LogP contribution in [-0.4, -0.2) is 40.3 Å². The van der Waals surface area contributed by atoms with Gasteiger partial charge in [0.1, 0.15) is 0 Å². The molecule has 0 saturated carbocycles. The summed E-state index contributed by atoms with van der Waals surface area (Å²) in [4.78, 5) is 13.8. The number of carbonyl (C=O) groups excluding carboxylic acids is 1. The molecule has 1 aromatic rings. The van der Waals surface area contributed by atoms with E-state index in [1.165, 1.54) is 20.0 Å². The number of carbonyl (C=O) groups is 1. The number of methoxy groups -OCH3 is 1. The van der Waals surface area contributed by atoms with Gasteiger partial charge in [0.05, 0.1) is 19.2 Å². The van der Waals surface area contributed by atoms with Gasteiger partial charge in [0.25, 0.3) is 0 Å². The van der Waals surface area contributed by atoms with Gasteiger partial charge in [-0.25, -0.2) is 0 Å². The van der Waals surface area contributed by atoms with Crippen LogP contribution in [-0.2, 0) is 23.1 Å². The van der Waals surface area contributed by atoms with Crippen molar-refractivity contribution in [3.8, 4) is 0 Å². The maximum atomic E-state index is 11.4. The summed E-state index contributed by atoms with van der Waals surface area (Å²) in [6, 6.07) is 2.33. The Labute approximate surface area is 108 Å². The fourth-order valence-electron chi connectivity index (χ4n) is 2.53. The molecule has 5 heteroatoms. The van der Waals surface area contributed by atoms with Crippen LogP contribution in [0.5, 0.6) is 0 Å². The van der Waals surface area contributed by atoms with E-state index in [1.54, 1.807) is 0 Å². The van der Waals surface area contributed by atoms with Crippen molar-refractivity contribution >= 4 is 5.97 Å². The number of esters is 1. The average Bonchev–Trinajstić information content (AvgIpc) is 2.77. The molecule has 1 aromatic heterocycles. The Bertz CT molecular complexity index is 403. The van der Waals surface area contributed by atoms with Gasteiger partial charge in [-0.2, -0.15) is 5.10 Å². The van der Waals surface area contributed by atoms with Crippen LogP contribution < -0.4 is 0 Å². The largest absolute Gasteiger partial charge is 0.469 e. The van der Waals surface area contributed by atoms with Crippen LogP contribution >= 0.6 is 0 Å². The second-order valence-corrected chi connectivity index (χ2v) is 4.88. The minimum absolute atomic E-state index is 0.118. The molecule has 1 aliphatic rings. The van der Waals surface area contributed by atoms with Crippen LogP contribution in [0.2, 0.25) is 0 Å². The summed E-state index contributed by atoms with van der Waals surface area (Å²) in [6.45, 7) is 1.86. The molecule has 0 radical (unpaired) electrons. The Morgan fingerprint density at radius 3 is 3.06 bits per heavy atom. The molecular formula is C13H21N3O2. The third-order valence-electron chi connectivity index (χ3n) is 3.51. The molecule has 1 saturated heterocycles. The molecule has 0 aromatic carbocycles. The number of aromatic nitrogens is 2. The maximum Gasteiger partial charge on any atom is 0.307 e. The van der Waals surface area contributed by atoms with Gasteiger partial charge in [-0.05, 0) is 25.5 Å². The molecule has 0 amide bonds. The van der Waals surface area contributed by atoms with Gasteiger partial charge >= 0.3 is 5.97 Å². The summed E-state index contributed by atoms with van der Waals surface area (Å²) in [6.07, 6.45) is 5.91. The SMILES string of the molecule is COC(=O)CC1CCCCN1Cc1ccn(C)n1. The second kappa shape index (κ2) is 6.00. The Morgan fingerprint density at radius 1 is 1.56 bits per heavy atom. The molecule has 1 aliphatic heterocycles. The van der Waals surface area contributed by atoms with E-state index in [1.807, 2.05) is 24.0 Å². The third-order valence-corrected chi connectivity index (χ3v) is 3.51. The molecular weight excluding hydrogens is 230 g/mol. The maximum absolute atomic E-state index is 11.4.